The Balaban J connectivity index is 1.82. The molecule has 0 bridgehead atoms. The molecule has 1 aliphatic rings. The van der Waals surface area contributed by atoms with Crippen LogP contribution in [0.2, 0.25) is 0 Å². The van der Waals surface area contributed by atoms with Crippen LogP contribution >= 0.6 is 0 Å². The standard InChI is InChI=1S/C17H23N3/c1-3-16-10-14(8-9-18-16)15-11-19-20(12-15)17-7-5-4-6-13(17)2/h4-7,11-12,14,16,18H,3,8-10H2,1-2H3. The Bertz CT molecular complexity index is 573. The molecule has 0 aliphatic carbocycles. The predicted octanol–water partition coefficient (Wildman–Crippen LogP) is 3.43. The average Bonchev–Trinajstić information content (AvgIpc) is 2.97. The van der Waals surface area contributed by atoms with Gasteiger partial charge in [-0.3, -0.25) is 0 Å². The number of piperidine rings is 1. The third-order valence-electron chi connectivity index (χ3n) is 4.42. The van der Waals surface area contributed by atoms with Crippen LogP contribution in [0.25, 0.3) is 5.69 Å². The molecule has 3 heteroatoms. The second kappa shape index (κ2) is 5.80. The normalized spacial score (nSPS) is 22.9. The Morgan fingerprint density at radius 3 is 3.00 bits per heavy atom. The third kappa shape index (κ3) is 2.63. The molecule has 2 atom stereocenters. The van der Waals surface area contributed by atoms with Gasteiger partial charge in [0.05, 0.1) is 11.9 Å². The largest absolute Gasteiger partial charge is 0.314 e. The first-order valence-corrected chi connectivity index (χ1v) is 7.62. The van der Waals surface area contributed by atoms with Gasteiger partial charge < -0.3 is 5.32 Å². The van der Waals surface area contributed by atoms with E-state index in [2.05, 4.69) is 60.9 Å². The van der Waals surface area contributed by atoms with Crippen molar-refractivity contribution in [3.63, 3.8) is 0 Å². The van der Waals surface area contributed by atoms with Gasteiger partial charge in [0.2, 0.25) is 0 Å². The van der Waals surface area contributed by atoms with Gasteiger partial charge in [-0.25, -0.2) is 4.68 Å². The van der Waals surface area contributed by atoms with Gasteiger partial charge in [0.1, 0.15) is 0 Å². The van der Waals surface area contributed by atoms with E-state index in [9.17, 15) is 0 Å². The second-order valence-corrected chi connectivity index (χ2v) is 5.79. The molecule has 2 unspecified atom stereocenters. The summed E-state index contributed by atoms with van der Waals surface area (Å²) in [6.07, 6.45) is 7.93. The Labute approximate surface area is 121 Å². The predicted molar refractivity (Wildman–Crippen MR) is 82.4 cm³/mol. The Morgan fingerprint density at radius 2 is 2.20 bits per heavy atom. The quantitative estimate of drug-likeness (QED) is 0.925. The highest BCUT2D eigenvalue weighted by molar-refractivity contribution is 5.39. The van der Waals surface area contributed by atoms with E-state index in [0.717, 1.165) is 6.54 Å². The Hall–Kier alpha value is -1.61. The van der Waals surface area contributed by atoms with Crippen molar-refractivity contribution in [1.82, 2.24) is 15.1 Å². The molecule has 3 nitrogen and oxygen atoms in total. The maximum Gasteiger partial charge on any atom is 0.0674 e. The molecule has 1 fully saturated rings. The third-order valence-corrected chi connectivity index (χ3v) is 4.42. The van der Waals surface area contributed by atoms with Crippen LogP contribution in [0.3, 0.4) is 0 Å². The Kier molecular flexibility index (Phi) is 3.88. The average molecular weight is 269 g/mol. The molecule has 106 valence electrons. The first-order valence-electron chi connectivity index (χ1n) is 7.62. The second-order valence-electron chi connectivity index (χ2n) is 5.79. The molecule has 0 amide bonds. The molecule has 1 aromatic heterocycles. The highest BCUT2D eigenvalue weighted by Gasteiger charge is 2.22. The summed E-state index contributed by atoms with van der Waals surface area (Å²) in [5.41, 5.74) is 3.83. The lowest BCUT2D eigenvalue weighted by Crippen LogP contribution is -2.36. The number of hydrogen-bond donors (Lipinski definition) is 1. The first-order chi connectivity index (χ1) is 9.78. The maximum absolute atomic E-state index is 4.57. The van der Waals surface area contributed by atoms with Crippen LogP contribution in [0, 0.1) is 6.92 Å². The van der Waals surface area contributed by atoms with Crippen molar-refractivity contribution in [3.05, 3.63) is 47.8 Å². The summed E-state index contributed by atoms with van der Waals surface area (Å²) in [7, 11) is 0. The van der Waals surface area contributed by atoms with E-state index in [1.165, 1.54) is 36.1 Å². The van der Waals surface area contributed by atoms with Gasteiger partial charge in [-0.2, -0.15) is 5.10 Å². The number of hydrogen-bond acceptors (Lipinski definition) is 2. The molecule has 0 spiro atoms. The highest BCUT2D eigenvalue weighted by atomic mass is 15.3. The number of aryl methyl sites for hydroxylation is 1. The van der Waals surface area contributed by atoms with Crippen LogP contribution in [-0.2, 0) is 0 Å². The van der Waals surface area contributed by atoms with Crippen LogP contribution < -0.4 is 5.32 Å². The van der Waals surface area contributed by atoms with Crippen molar-refractivity contribution in [2.45, 2.75) is 45.1 Å². The fourth-order valence-corrected chi connectivity index (χ4v) is 3.12. The summed E-state index contributed by atoms with van der Waals surface area (Å²) in [4.78, 5) is 0. The highest BCUT2D eigenvalue weighted by Crippen LogP contribution is 2.29. The van der Waals surface area contributed by atoms with E-state index >= 15 is 0 Å². The summed E-state index contributed by atoms with van der Waals surface area (Å²) in [5, 5.41) is 8.16. The van der Waals surface area contributed by atoms with Gasteiger partial charge in [-0.05, 0) is 55.8 Å². The lowest BCUT2D eigenvalue weighted by molar-refractivity contribution is 0.355. The fourth-order valence-electron chi connectivity index (χ4n) is 3.12. The van der Waals surface area contributed by atoms with E-state index in [-0.39, 0.29) is 0 Å². The van der Waals surface area contributed by atoms with E-state index in [0.29, 0.717) is 12.0 Å². The molecule has 2 aromatic rings. The van der Waals surface area contributed by atoms with Gasteiger partial charge in [-0.1, -0.05) is 25.1 Å². The number of aromatic nitrogens is 2. The van der Waals surface area contributed by atoms with Crippen molar-refractivity contribution in [1.29, 1.82) is 0 Å². The van der Waals surface area contributed by atoms with Crippen LogP contribution in [-0.4, -0.2) is 22.4 Å². The van der Waals surface area contributed by atoms with Gasteiger partial charge in [0.25, 0.3) is 0 Å². The molecule has 20 heavy (non-hydrogen) atoms. The molecule has 1 aliphatic heterocycles. The van der Waals surface area contributed by atoms with Gasteiger partial charge in [-0.15, -0.1) is 0 Å². The Morgan fingerprint density at radius 1 is 1.35 bits per heavy atom. The summed E-state index contributed by atoms with van der Waals surface area (Å²) in [6.45, 7) is 5.52. The summed E-state index contributed by atoms with van der Waals surface area (Å²) in [5.74, 6) is 0.652. The molecular weight excluding hydrogens is 246 g/mol. The number of benzene rings is 1. The minimum absolute atomic E-state index is 0.652. The molecule has 1 aromatic carbocycles. The molecule has 0 saturated carbocycles. The van der Waals surface area contributed by atoms with Crippen molar-refractivity contribution in [2.24, 2.45) is 0 Å². The molecule has 1 saturated heterocycles. The number of nitrogens with zero attached hydrogens (tertiary/aromatic N) is 2. The minimum Gasteiger partial charge on any atom is -0.314 e. The van der Waals surface area contributed by atoms with Crippen molar-refractivity contribution >= 4 is 0 Å². The van der Waals surface area contributed by atoms with E-state index in [1.807, 2.05) is 4.68 Å². The topological polar surface area (TPSA) is 29.9 Å². The van der Waals surface area contributed by atoms with Gasteiger partial charge >= 0.3 is 0 Å². The van der Waals surface area contributed by atoms with E-state index in [1.54, 1.807) is 0 Å². The van der Waals surface area contributed by atoms with E-state index < -0.39 is 0 Å². The van der Waals surface area contributed by atoms with Crippen LogP contribution in [0.15, 0.2) is 36.7 Å². The minimum atomic E-state index is 0.652. The smallest absolute Gasteiger partial charge is 0.0674 e. The molecule has 0 radical (unpaired) electrons. The van der Waals surface area contributed by atoms with Crippen molar-refractivity contribution in [2.75, 3.05) is 6.54 Å². The lowest BCUT2D eigenvalue weighted by atomic mass is 9.87. The lowest BCUT2D eigenvalue weighted by Gasteiger charge is -2.29. The molecular formula is C17H23N3. The number of para-hydroxylation sites is 1. The van der Waals surface area contributed by atoms with Gasteiger partial charge in [0.15, 0.2) is 0 Å². The van der Waals surface area contributed by atoms with Gasteiger partial charge in [0, 0.05) is 12.2 Å². The summed E-state index contributed by atoms with van der Waals surface area (Å²) >= 11 is 0. The van der Waals surface area contributed by atoms with Crippen LogP contribution in [0.4, 0.5) is 0 Å². The maximum atomic E-state index is 4.57. The summed E-state index contributed by atoms with van der Waals surface area (Å²) in [6, 6.07) is 9.07. The van der Waals surface area contributed by atoms with Crippen molar-refractivity contribution in [3.8, 4) is 5.69 Å². The monoisotopic (exact) mass is 269 g/mol. The fraction of sp³-hybridized carbons (Fsp3) is 0.471. The van der Waals surface area contributed by atoms with Crippen LogP contribution in [0.1, 0.15) is 43.2 Å². The zero-order chi connectivity index (χ0) is 13.9. The van der Waals surface area contributed by atoms with Crippen molar-refractivity contribution < 1.29 is 0 Å². The van der Waals surface area contributed by atoms with Crippen LogP contribution in [0.5, 0.6) is 0 Å². The number of rotatable bonds is 3. The molecule has 3 rings (SSSR count). The molecule has 1 N–H and O–H groups in total. The first kappa shape index (κ1) is 13.4. The zero-order valence-electron chi connectivity index (χ0n) is 12.3. The van der Waals surface area contributed by atoms with E-state index in [4.69, 9.17) is 0 Å². The SMILES string of the molecule is CCC1CC(c2cnn(-c3ccccc3C)c2)CCN1. The zero-order valence-corrected chi connectivity index (χ0v) is 12.3. The summed E-state index contributed by atoms with van der Waals surface area (Å²) < 4.78 is 2.02. The molecule has 2 heterocycles. The number of nitrogens with one attached hydrogen (secondary N) is 1.